The number of aromatic nitrogens is 1. The second kappa shape index (κ2) is 5.54. The van der Waals surface area contributed by atoms with Crippen LogP contribution in [-0.4, -0.2) is 10.9 Å². The van der Waals surface area contributed by atoms with E-state index in [1.54, 1.807) is 12.3 Å². The quantitative estimate of drug-likeness (QED) is 0.879. The molecule has 0 aliphatic carbocycles. The Morgan fingerprint density at radius 3 is 2.95 bits per heavy atom. The highest BCUT2D eigenvalue weighted by Gasteiger charge is 2.30. The minimum absolute atomic E-state index is 0.178. The van der Waals surface area contributed by atoms with Crippen molar-refractivity contribution in [3.63, 3.8) is 0 Å². The Bertz CT molecular complexity index is 550. The number of nitrogens with zero attached hydrogens (tertiary/aromatic N) is 1. The van der Waals surface area contributed by atoms with Crippen molar-refractivity contribution in [1.29, 1.82) is 0 Å². The van der Waals surface area contributed by atoms with Crippen LogP contribution in [0.1, 0.15) is 41.4 Å². The lowest BCUT2D eigenvalue weighted by Crippen LogP contribution is -2.42. The molecule has 1 atom stereocenters. The van der Waals surface area contributed by atoms with E-state index >= 15 is 0 Å². The van der Waals surface area contributed by atoms with Gasteiger partial charge in [-0.25, -0.2) is 4.98 Å². The largest absolute Gasteiger partial charge is 0.467 e. The van der Waals surface area contributed by atoms with Crippen molar-refractivity contribution in [3.05, 3.63) is 40.2 Å². The van der Waals surface area contributed by atoms with Gasteiger partial charge in [-0.15, -0.1) is 11.3 Å². The third kappa shape index (κ3) is 2.85. The second-order valence-corrected chi connectivity index (χ2v) is 5.38. The molecule has 0 aliphatic rings. The van der Waals surface area contributed by atoms with E-state index in [9.17, 15) is 4.79 Å². The fourth-order valence-electron chi connectivity index (χ4n) is 1.72. The van der Waals surface area contributed by atoms with E-state index < -0.39 is 5.54 Å². The van der Waals surface area contributed by atoms with E-state index in [0.29, 0.717) is 11.3 Å². The van der Waals surface area contributed by atoms with Crippen LogP contribution in [-0.2, 0) is 12.1 Å². The van der Waals surface area contributed by atoms with E-state index in [2.05, 4.69) is 10.3 Å². The van der Waals surface area contributed by atoms with Crippen LogP contribution in [0.2, 0.25) is 0 Å². The average molecular weight is 279 g/mol. The van der Waals surface area contributed by atoms with Gasteiger partial charge in [0.2, 0.25) is 0 Å². The fraction of sp³-hybridized carbons (Fsp3) is 0.385. The summed E-state index contributed by atoms with van der Waals surface area (Å²) in [5.74, 6) is 0.417. The third-order valence-electron chi connectivity index (χ3n) is 3.12. The summed E-state index contributed by atoms with van der Waals surface area (Å²) in [7, 11) is 0. The van der Waals surface area contributed by atoms with E-state index in [-0.39, 0.29) is 12.5 Å². The van der Waals surface area contributed by atoms with Gasteiger partial charge in [-0.2, -0.15) is 0 Å². The summed E-state index contributed by atoms with van der Waals surface area (Å²) in [6.07, 6.45) is 3.92. The van der Waals surface area contributed by atoms with Crippen LogP contribution in [0, 0.1) is 0 Å². The van der Waals surface area contributed by atoms with Crippen LogP contribution in [0.5, 0.6) is 0 Å². The first-order chi connectivity index (χ1) is 9.09. The van der Waals surface area contributed by atoms with Crippen molar-refractivity contribution in [1.82, 2.24) is 10.3 Å². The van der Waals surface area contributed by atoms with Crippen molar-refractivity contribution in [2.45, 2.75) is 32.4 Å². The number of carbonyl (C=O) groups is 1. The Hall–Kier alpha value is -1.66. The first-order valence-corrected chi connectivity index (χ1v) is 6.97. The van der Waals surface area contributed by atoms with Gasteiger partial charge in [0.25, 0.3) is 5.91 Å². The lowest BCUT2D eigenvalue weighted by molar-refractivity contribution is 0.0901. The maximum Gasteiger partial charge on any atom is 0.255 e. The molecule has 2 aromatic rings. The maximum atomic E-state index is 12.2. The molecule has 19 heavy (non-hydrogen) atoms. The van der Waals surface area contributed by atoms with Crippen LogP contribution in [0.15, 0.2) is 28.3 Å². The molecule has 2 aromatic heterocycles. The van der Waals surface area contributed by atoms with Gasteiger partial charge >= 0.3 is 0 Å². The molecule has 1 amide bonds. The zero-order valence-electron chi connectivity index (χ0n) is 11.0. The standard InChI is InChI=1S/C13H17N3O2S/c1-3-13(2,12-15-4-5-19-12)16-11(17)9-6-10(7-14)18-8-9/h4-6,8H,3,7,14H2,1-2H3,(H,16,17). The van der Waals surface area contributed by atoms with E-state index in [1.165, 1.54) is 17.6 Å². The van der Waals surface area contributed by atoms with E-state index in [4.69, 9.17) is 10.2 Å². The predicted octanol–water partition coefficient (Wildman–Crippen LogP) is 2.25. The molecule has 2 rings (SSSR count). The zero-order chi connectivity index (χ0) is 13.9. The number of thiazole rings is 1. The molecule has 5 nitrogen and oxygen atoms in total. The Morgan fingerprint density at radius 1 is 1.63 bits per heavy atom. The topological polar surface area (TPSA) is 81.2 Å². The molecule has 2 heterocycles. The minimum Gasteiger partial charge on any atom is -0.467 e. The minimum atomic E-state index is -0.467. The molecule has 0 saturated carbocycles. The molecule has 0 aromatic carbocycles. The highest BCUT2D eigenvalue weighted by Crippen LogP contribution is 2.26. The van der Waals surface area contributed by atoms with Crippen molar-refractivity contribution in [3.8, 4) is 0 Å². The number of furan rings is 1. The summed E-state index contributed by atoms with van der Waals surface area (Å²) in [4.78, 5) is 16.5. The Morgan fingerprint density at radius 2 is 2.42 bits per heavy atom. The van der Waals surface area contributed by atoms with Crippen LogP contribution in [0.25, 0.3) is 0 Å². The number of nitrogens with one attached hydrogen (secondary N) is 1. The van der Waals surface area contributed by atoms with Crippen LogP contribution < -0.4 is 11.1 Å². The lowest BCUT2D eigenvalue weighted by Gasteiger charge is -2.27. The van der Waals surface area contributed by atoms with Gasteiger partial charge in [0.05, 0.1) is 17.6 Å². The average Bonchev–Trinajstić information content (AvgIpc) is 3.09. The Balaban J connectivity index is 2.16. The molecule has 3 N–H and O–H groups in total. The van der Waals surface area contributed by atoms with Gasteiger partial charge in [0, 0.05) is 11.6 Å². The first-order valence-electron chi connectivity index (χ1n) is 6.09. The SMILES string of the molecule is CCC(C)(NC(=O)c1coc(CN)c1)c1nccs1. The van der Waals surface area contributed by atoms with E-state index in [0.717, 1.165) is 11.4 Å². The second-order valence-electron chi connectivity index (χ2n) is 4.48. The van der Waals surface area contributed by atoms with Crippen molar-refractivity contribution >= 4 is 17.2 Å². The zero-order valence-corrected chi connectivity index (χ0v) is 11.8. The molecule has 0 saturated heterocycles. The van der Waals surface area contributed by atoms with Crippen molar-refractivity contribution < 1.29 is 9.21 Å². The number of carbonyl (C=O) groups excluding carboxylic acids is 1. The number of hydrogen-bond acceptors (Lipinski definition) is 5. The summed E-state index contributed by atoms with van der Waals surface area (Å²) in [5, 5.41) is 5.80. The highest BCUT2D eigenvalue weighted by atomic mass is 32.1. The number of rotatable bonds is 5. The molecule has 102 valence electrons. The monoisotopic (exact) mass is 279 g/mol. The molecule has 6 heteroatoms. The van der Waals surface area contributed by atoms with Gasteiger partial charge in [-0.3, -0.25) is 4.79 Å². The Kier molecular flexibility index (Phi) is 4.01. The van der Waals surface area contributed by atoms with Gasteiger partial charge in [0.15, 0.2) is 0 Å². The normalized spacial score (nSPS) is 14.1. The van der Waals surface area contributed by atoms with Gasteiger partial charge < -0.3 is 15.5 Å². The molecular formula is C13H17N3O2S. The molecule has 1 unspecified atom stereocenters. The molecular weight excluding hydrogens is 262 g/mol. The molecule has 0 aliphatic heterocycles. The van der Waals surface area contributed by atoms with E-state index in [1.807, 2.05) is 19.2 Å². The summed E-state index contributed by atoms with van der Waals surface area (Å²) < 4.78 is 5.17. The van der Waals surface area contributed by atoms with Gasteiger partial charge in [0.1, 0.15) is 17.0 Å². The van der Waals surface area contributed by atoms with Gasteiger partial charge in [-0.1, -0.05) is 6.92 Å². The predicted molar refractivity (Wildman–Crippen MR) is 73.8 cm³/mol. The molecule has 0 spiro atoms. The Labute approximate surface area is 115 Å². The van der Waals surface area contributed by atoms with Crippen LogP contribution >= 0.6 is 11.3 Å². The summed E-state index contributed by atoms with van der Waals surface area (Å²) in [5.41, 5.74) is 5.48. The lowest BCUT2D eigenvalue weighted by atomic mass is 9.99. The fourth-order valence-corrected chi connectivity index (χ4v) is 2.55. The molecule has 0 fully saturated rings. The highest BCUT2D eigenvalue weighted by molar-refractivity contribution is 7.09. The molecule has 0 radical (unpaired) electrons. The van der Waals surface area contributed by atoms with Crippen LogP contribution in [0.3, 0.4) is 0 Å². The van der Waals surface area contributed by atoms with Crippen LogP contribution in [0.4, 0.5) is 0 Å². The molecule has 0 bridgehead atoms. The van der Waals surface area contributed by atoms with Crippen molar-refractivity contribution in [2.24, 2.45) is 5.73 Å². The number of hydrogen-bond donors (Lipinski definition) is 2. The first kappa shape index (κ1) is 13.8. The third-order valence-corrected chi connectivity index (χ3v) is 4.15. The number of amides is 1. The van der Waals surface area contributed by atoms with Gasteiger partial charge in [-0.05, 0) is 19.4 Å². The number of nitrogens with two attached hydrogens (primary N) is 1. The summed E-state index contributed by atoms with van der Waals surface area (Å²) in [6.45, 7) is 4.26. The smallest absolute Gasteiger partial charge is 0.255 e. The maximum absolute atomic E-state index is 12.2. The summed E-state index contributed by atoms with van der Waals surface area (Å²) in [6, 6.07) is 1.66. The van der Waals surface area contributed by atoms with Crippen molar-refractivity contribution in [2.75, 3.05) is 0 Å². The summed E-state index contributed by atoms with van der Waals surface area (Å²) >= 11 is 1.53.